The van der Waals surface area contributed by atoms with Gasteiger partial charge in [-0.05, 0) is 32.2 Å². The fourth-order valence-electron chi connectivity index (χ4n) is 2.24. The van der Waals surface area contributed by atoms with E-state index in [1.807, 2.05) is 0 Å². The van der Waals surface area contributed by atoms with Gasteiger partial charge < -0.3 is 20.1 Å². The number of hydrogen-bond acceptors (Lipinski definition) is 4. The van der Waals surface area contributed by atoms with Crippen molar-refractivity contribution < 1.29 is 14.3 Å². The Balaban J connectivity index is 1.53. The Morgan fingerprint density at radius 2 is 2.35 bits per heavy atom. The van der Waals surface area contributed by atoms with E-state index < -0.39 is 0 Å². The van der Waals surface area contributed by atoms with E-state index in [0.29, 0.717) is 6.54 Å². The second-order valence-electron chi connectivity index (χ2n) is 4.72. The van der Waals surface area contributed by atoms with E-state index in [2.05, 4.69) is 10.6 Å². The normalized spacial score (nSPS) is 29.2. The first kappa shape index (κ1) is 12.8. The molecule has 0 aromatic carbocycles. The molecular weight excluding hydrogens is 220 g/mol. The molecule has 0 radical (unpaired) electrons. The second-order valence-corrected chi connectivity index (χ2v) is 4.72. The predicted molar refractivity (Wildman–Crippen MR) is 63.8 cm³/mol. The molecule has 0 aromatic rings. The number of carbonyl (C=O) groups excluding carboxylic acids is 1. The molecule has 1 amide bonds. The molecule has 2 fully saturated rings. The Bertz CT molecular complexity index is 236. The summed E-state index contributed by atoms with van der Waals surface area (Å²) in [5, 5.41) is 6.11. The van der Waals surface area contributed by atoms with Crippen LogP contribution in [0, 0.1) is 0 Å². The molecule has 2 aliphatic heterocycles. The summed E-state index contributed by atoms with van der Waals surface area (Å²) in [6.45, 7) is 3.53. The topological polar surface area (TPSA) is 59.6 Å². The van der Waals surface area contributed by atoms with E-state index in [9.17, 15) is 4.79 Å². The summed E-state index contributed by atoms with van der Waals surface area (Å²) in [5.41, 5.74) is 0. The molecule has 2 aliphatic rings. The maximum atomic E-state index is 11.5. The Morgan fingerprint density at radius 1 is 1.41 bits per heavy atom. The van der Waals surface area contributed by atoms with Crippen LogP contribution in [0.5, 0.6) is 0 Å². The van der Waals surface area contributed by atoms with Crippen molar-refractivity contribution in [3.05, 3.63) is 0 Å². The predicted octanol–water partition coefficient (Wildman–Crippen LogP) is 0.0502. The molecule has 5 heteroatoms. The lowest BCUT2D eigenvalue weighted by atomic mass is 10.1. The lowest BCUT2D eigenvalue weighted by Crippen LogP contribution is -2.39. The fourth-order valence-corrected chi connectivity index (χ4v) is 2.24. The van der Waals surface area contributed by atoms with Crippen molar-refractivity contribution >= 4 is 5.91 Å². The lowest BCUT2D eigenvalue weighted by Gasteiger charge is -2.22. The number of carbonyl (C=O) groups is 1. The molecule has 0 aromatic heterocycles. The summed E-state index contributed by atoms with van der Waals surface area (Å²) in [7, 11) is 0. The van der Waals surface area contributed by atoms with Gasteiger partial charge in [0.05, 0.1) is 12.2 Å². The van der Waals surface area contributed by atoms with Gasteiger partial charge in [0.1, 0.15) is 6.61 Å². The summed E-state index contributed by atoms with van der Waals surface area (Å²) in [5.74, 6) is -0.0360. The van der Waals surface area contributed by atoms with Crippen LogP contribution in [0.2, 0.25) is 0 Å². The Morgan fingerprint density at radius 3 is 3.06 bits per heavy atom. The van der Waals surface area contributed by atoms with Crippen molar-refractivity contribution in [2.45, 2.75) is 37.9 Å². The largest absolute Gasteiger partial charge is 0.376 e. The molecule has 98 valence electrons. The summed E-state index contributed by atoms with van der Waals surface area (Å²) >= 11 is 0. The summed E-state index contributed by atoms with van der Waals surface area (Å²) in [6, 6.07) is 0. The summed E-state index contributed by atoms with van der Waals surface area (Å²) in [4.78, 5) is 11.5. The molecule has 17 heavy (non-hydrogen) atoms. The van der Waals surface area contributed by atoms with Gasteiger partial charge in [-0.2, -0.15) is 0 Å². The van der Waals surface area contributed by atoms with Crippen LogP contribution in [0.15, 0.2) is 0 Å². The van der Waals surface area contributed by atoms with Crippen LogP contribution in [0.25, 0.3) is 0 Å². The highest BCUT2D eigenvalue weighted by Gasteiger charge is 2.17. The van der Waals surface area contributed by atoms with Gasteiger partial charge in [0, 0.05) is 19.7 Å². The summed E-state index contributed by atoms with van der Waals surface area (Å²) < 4.78 is 11.0. The zero-order chi connectivity index (χ0) is 11.9. The van der Waals surface area contributed by atoms with E-state index in [4.69, 9.17) is 9.47 Å². The van der Waals surface area contributed by atoms with E-state index in [-0.39, 0.29) is 24.7 Å². The molecule has 0 aliphatic carbocycles. The van der Waals surface area contributed by atoms with Gasteiger partial charge in [0.2, 0.25) is 5.91 Å². The minimum Gasteiger partial charge on any atom is -0.376 e. The molecule has 0 bridgehead atoms. The number of amides is 1. The SMILES string of the molecule is O=C(CO[C@@H]1CCCNC1)NC[C@@H]1CCCO1. The van der Waals surface area contributed by atoms with Crippen LogP contribution >= 0.6 is 0 Å². The van der Waals surface area contributed by atoms with Crippen molar-refractivity contribution in [1.29, 1.82) is 0 Å². The molecule has 2 heterocycles. The van der Waals surface area contributed by atoms with Gasteiger partial charge in [0.25, 0.3) is 0 Å². The van der Waals surface area contributed by atoms with Crippen LogP contribution in [0.1, 0.15) is 25.7 Å². The van der Waals surface area contributed by atoms with Gasteiger partial charge in [-0.3, -0.25) is 4.79 Å². The quantitative estimate of drug-likeness (QED) is 0.715. The van der Waals surface area contributed by atoms with Gasteiger partial charge in [0.15, 0.2) is 0 Å². The lowest BCUT2D eigenvalue weighted by molar-refractivity contribution is -0.128. The zero-order valence-electron chi connectivity index (χ0n) is 10.2. The average Bonchev–Trinajstić information content (AvgIpc) is 2.88. The fraction of sp³-hybridized carbons (Fsp3) is 0.917. The minimum atomic E-state index is -0.0360. The number of rotatable bonds is 5. The van der Waals surface area contributed by atoms with Gasteiger partial charge in [-0.25, -0.2) is 0 Å². The number of piperidine rings is 1. The average molecular weight is 242 g/mol. The van der Waals surface area contributed by atoms with Gasteiger partial charge >= 0.3 is 0 Å². The Hall–Kier alpha value is -0.650. The van der Waals surface area contributed by atoms with Gasteiger partial charge in [-0.1, -0.05) is 0 Å². The maximum absolute atomic E-state index is 11.5. The maximum Gasteiger partial charge on any atom is 0.246 e. The van der Waals surface area contributed by atoms with E-state index in [1.54, 1.807) is 0 Å². The number of hydrogen-bond donors (Lipinski definition) is 2. The zero-order valence-corrected chi connectivity index (χ0v) is 10.2. The highest BCUT2D eigenvalue weighted by Crippen LogP contribution is 2.10. The molecule has 0 unspecified atom stereocenters. The summed E-state index contributed by atoms with van der Waals surface area (Å²) in [6.07, 6.45) is 4.72. The Kier molecular flexibility index (Phi) is 5.22. The van der Waals surface area contributed by atoms with Crippen molar-refractivity contribution in [1.82, 2.24) is 10.6 Å². The third-order valence-corrected chi connectivity index (χ3v) is 3.25. The van der Waals surface area contributed by atoms with Crippen LogP contribution in [0.3, 0.4) is 0 Å². The Labute approximate surface area is 102 Å². The first-order valence-electron chi connectivity index (χ1n) is 6.55. The smallest absolute Gasteiger partial charge is 0.246 e. The number of nitrogens with one attached hydrogen (secondary N) is 2. The molecular formula is C12H22N2O3. The molecule has 0 saturated carbocycles. The molecule has 2 rings (SSSR count). The van der Waals surface area contributed by atoms with Crippen molar-refractivity contribution in [3.8, 4) is 0 Å². The van der Waals surface area contributed by atoms with Crippen LogP contribution in [-0.4, -0.2) is 51.0 Å². The van der Waals surface area contributed by atoms with E-state index in [1.165, 1.54) is 0 Å². The third kappa shape index (κ3) is 4.61. The standard InChI is InChI=1S/C12H22N2O3/c15-12(14-8-11-4-2-6-16-11)9-17-10-3-1-5-13-7-10/h10-11,13H,1-9H2,(H,14,15)/t10-,11+/m1/s1. The van der Waals surface area contributed by atoms with Gasteiger partial charge in [-0.15, -0.1) is 0 Å². The van der Waals surface area contributed by atoms with Crippen molar-refractivity contribution in [3.63, 3.8) is 0 Å². The molecule has 2 atom stereocenters. The third-order valence-electron chi connectivity index (χ3n) is 3.25. The van der Waals surface area contributed by atoms with Crippen molar-refractivity contribution in [2.75, 3.05) is 32.8 Å². The molecule has 2 saturated heterocycles. The molecule has 5 nitrogen and oxygen atoms in total. The van der Waals surface area contributed by atoms with Crippen molar-refractivity contribution in [2.24, 2.45) is 0 Å². The van der Waals surface area contributed by atoms with Crippen LogP contribution in [-0.2, 0) is 14.3 Å². The number of ether oxygens (including phenoxy) is 2. The van der Waals surface area contributed by atoms with Crippen LogP contribution < -0.4 is 10.6 Å². The molecule has 2 N–H and O–H groups in total. The minimum absolute atomic E-state index is 0.0360. The second kappa shape index (κ2) is 6.93. The highest BCUT2D eigenvalue weighted by molar-refractivity contribution is 5.77. The van der Waals surface area contributed by atoms with E-state index in [0.717, 1.165) is 45.4 Å². The highest BCUT2D eigenvalue weighted by atomic mass is 16.5. The molecule has 0 spiro atoms. The van der Waals surface area contributed by atoms with Crippen LogP contribution in [0.4, 0.5) is 0 Å². The monoisotopic (exact) mass is 242 g/mol. The first-order chi connectivity index (χ1) is 8.34. The van der Waals surface area contributed by atoms with E-state index >= 15 is 0 Å². The first-order valence-corrected chi connectivity index (χ1v) is 6.55.